The summed E-state index contributed by atoms with van der Waals surface area (Å²) < 4.78 is 2.04. The summed E-state index contributed by atoms with van der Waals surface area (Å²) in [7, 11) is 0. The predicted molar refractivity (Wildman–Crippen MR) is 171 cm³/mol. The van der Waals surface area contributed by atoms with Gasteiger partial charge in [-0.2, -0.15) is 5.06 Å². The summed E-state index contributed by atoms with van der Waals surface area (Å²) in [5, 5.41) is 8.13. The molecule has 0 saturated heterocycles. The third-order valence-electron chi connectivity index (χ3n) is 7.08. The molecule has 3 aromatic carbocycles. The van der Waals surface area contributed by atoms with E-state index in [1.54, 1.807) is 31.2 Å². The number of amides is 1. The van der Waals surface area contributed by atoms with E-state index in [0.29, 0.717) is 21.7 Å². The van der Waals surface area contributed by atoms with Gasteiger partial charge in [-0.1, -0.05) is 23.4 Å². The Kier molecular flexibility index (Phi) is 9.01. The number of oxime groups is 1. The first-order valence-electron chi connectivity index (χ1n) is 14.0. The SMILES string of the molecule is CC(=O)O/N=C(/C)c1ccc(-n2c3ccc(C(=O)CCN(OC(C)=O)C(C)=O)cc3c3cc(C(=O)c4cccs4)ccc32)cc1. The second-order valence-electron chi connectivity index (χ2n) is 10.3. The van der Waals surface area contributed by atoms with Gasteiger partial charge in [0.1, 0.15) is 0 Å². The molecule has 2 aromatic heterocycles. The Morgan fingerprint density at radius 1 is 0.778 bits per heavy atom. The van der Waals surface area contributed by atoms with Crippen LogP contribution in [0.15, 0.2) is 83.3 Å². The van der Waals surface area contributed by atoms with Crippen LogP contribution in [0.25, 0.3) is 27.5 Å². The Morgan fingerprint density at radius 2 is 1.40 bits per heavy atom. The molecule has 0 unspecified atom stereocenters. The van der Waals surface area contributed by atoms with E-state index in [2.05, 4.69) is 5.16 Å². The van der Waals surface area contributed by atoms with Gasteiger partial charge in [0.05, 0.1) is 28.2 Å². The minimum Gasteiger partial charge on any atom is -0.338 e. The highest BCUT2D eigenvalue weighted by atomic mass is 32.1. The first-order valence-corrected chi connectivity index (χ1v) is 14.9. The average Bonchev–Trinajstić information content (AvgIpc) is 3.67. The van der Waals surface area contributed by atoms with E-state index in [9.17, 15) is 24.0 Å². The molecule has 0 saturated carbocycles. The van der Waals surface area contributed by atoms with Crippen molar-refractivity contribution < 1.29 is 33.6 Å². The average molecular weight is 624 g/mol. The lowest BCUT2D eigenvalue weighted by Crippen LogP contribution is -2.32. The number of Topliss-reactive ketones (excluding diaryl/α,β-unsaturated/α-hetero) is 1. The smallest absolute Gasteiger partial charge is 0.331 e. The summed E-state index contributed by atoms with van der Waals surface area (Å²) in [5.41, 5.74) is 4.71. The van der Waals surface area contributed by atoms with E-state index in [1.807, 2.05) is 58.5 Å². The molecule has 0 N–H and O–H groups in total. The summed E-state index contributed by atoms with van der Waals surface area (Å²) in [6.45, 7) is 5.38. The summed E-state index contributed by atoms with van der Waals surface area (Å²) in [6, 6.07) is 22.0. The van der Waals surface area contributed by atoms with Crippen molar-refractivity contribution in [1.29, 1.82) is 0 Å². The molecule has 1 amide bonds. The van der Waals surface area contributed by atoms with E-state index in [0.717, 1.165) is 38.1 Å². The molecule has 0 bridgehead atoms. The van der Waals surface area contributed by atoms with Crippen LogP contribution >= 0.6 is 11.3 Å². The molecule has 10 nitrogen and oxygen atoms in total. The zero-order chi connectivity index (χ0) is 32.2. The highest BCUT2D eigenvalue weighted by Crippen LogP contribution is 2.34. The first-order chi connectivity index (χ1) is 21.5. The third kappa shape index (κ3) is 6.73. The molecule has 5 aromatic rings. The van der Waals surface area contributed by atoms with E-state index in [-0.39, 0.29) is 24.5 Å². The number of aromatic nitrogens is 1. The molecular formula is C34H29N3O7S. The number of nitrogens with zero attached hydrogens (tertiary/aromatic N) is 3. The Labute approximate surface area is 262 Å². The van der Waals surface area contributed by atoms with Crippen LogP contribution in [-0.2, 0) is 24.1 Å². The van der Waals surface area contributed by atoms with Crippen molar-refractivity contribution in [1.82, 2.24) is 9.63 Å². The maximum absolute atomic E-state index is 13.3. The van der Waals surface area contributed by atoms with Crippen molar-refractivity contribution in [3.63, 3.8) is 0 Å². The number of thiophene rings is 1. The van der Waals surface area contributed by atoms with Crippen LogP contribution in [0.1, 0.15) is 65.3 Å². The first kappa shape index (κ1) is 31.0. The summed E-state index contributed by atoms with van der Waals surface area (Å²) in [5.74, 6) is -1.99. The maximum atomic E-state index is 13.3. The highest BCUT2D eigenvalue weighted by molar-refractivity contribution is 7.12. The van der Waals surface area contributed by atoms with Gasteiger partial charge in [0.2, 0.25) is 5.78 Å². The standard InChI is InChI=1S/C34H29N3O7S/c1-20(35-43-22(3)39)24-7-11-27(12-8-24)37-30-13-9-25(32(41)15-16-36(21(2)38)44-23(4)40)18-28(30)29-19-26(10-14-31(29)37)34(42)33-6-5-17-45-33/h5-14,17-19H,15-16H2,1-4H3/b35-20-. The molecule has 228 valence electrons. The van der Waals surface area contributed by atoms with Crippen molar-refractivity contribution in [2.75, 3.05) is 6.54 Å². The number of fused-ring (bicyclic) bond motifs is 3. The number of hydrogen-bond donors (Lipinski definition) is 0. The maximum Gasteiger partial charge on any atom is 0.331 e. The molecule has 0 radical (unpaired) electrons. The summed E-state index contributed by atoms with van der Waals surface area (Å²) >= 11 is 1.37. The van der Waals surface area contributed by atoms with Gasteiger partial charge in [0.25, 0.3) is 5.91 Å². The van der Waals surface area contributed by atoms with E-state index < -0.39 is 17.8 Å². The van der Waals surface area contributed by atoms with Crippen molar-refractivity contribution in [3.05, 3.63) is 99.7 Å². The van der Waals surface area contributed by atoms with Crippen molar-refractivity contribution in [2.45, 2.75) is 34.1 Å². The molecule has 0 aliphatic carbocycles. The van der Waals surface area contributed by atoms with Gasteiger partial charge in [0.15, 0.2) is 5.78 Å². The van der Waals surface area contributed by atoms with Crippen LogP contribution in [-0.4, -0.2) is 51.3 Å². The topological polar surface area (TPSA) is 124 Å². The van der Waals surface area contributed by atoms with Crippen LogP contribution in [0.3, 0.4) is 0 Å². The second kappa shape index (κ2) is 13.1. The molecule has 11 heteroatoms. The Morgan fingerprint density at radius 3 is 1.98 bits per heavy atom. The zero-order valence-electron chi connectivity index (χ0n) is 25.0. The largest absolute Gasteiger partial charge is 0.338 e. The van der Waals surface area contributed by atoms with Gasteiger partial charge < -0.3 is 14.2 Å². The molecule has 45 heavy (non-hydrogen) atoms. The fourth-order valence-corrected chi connectivity index (χ4v) is 5.66. The number of rotatable bonds is 9. The lowest BCUT2D eigenvalue weighted by Gasteiger charge is -2.18. The highest BCUT2D eigenvalue weighted by Gasteiger charge is 2.20. The van der Waals surface area contributed by atoms with Crippen LogP contribution in [0, 0.1) is 0 Å². The van der Waals surface area contributed by atoms with Crippen LogP contribution in [0.5, 0.6) is 0 Å². The van der Waals surface area contributed by atoms with Gasteiger partial charge in [-0.15, -0.1) is 11.3 Å². The number of ketones is 2. The summed E-state index contributed by atoms with van der Waals surface area (Å²) in [6.07, 6.45) is -0.0607. The molecule has 0 atom stereocenters. The molecular weight excluding hydrogens is 594 g/mol. The number of carbonyl (C=O) groups is 5. The van der Waals surface area contributed by atoms with E-state index in [1.165, 1.54) is 32.1 Å². The van der Waals surface area contributed by atoms with Gasteiger partial charge in [-0.25, -0.2) is 4.79 Å². The summed E-state index contributed by atoms with van der Waals surface area (Å²) in [4.78, 5) is 71.2. The lowest BCUT2D eigenvalue weighted by molar-refractivity contribution is -0.194. The van der Waals surface area contributed by atoms with Crippen molar-refractivity contribution in [3.8, 4) is 5.69 Å². The minimum atomic E-state index is -0.653. The number of hydroxylamine groups is 2. The van der Waals surface area contributed by atoms with Gasteiger partial charge in [-0.05, 0) is 72.5 Å². The Hall–Kier alpha value is -5.42. The van der Waals surface area contributed by atoms with Crippen LogP contribution in [0.2, 0.25) is 0 Å². The fraction of sp³-hybridized carbons (Fsp3) is 0.176. The molecule has 0 aliphatic heterocycles. The second-order valence-corrected chi connectivity index (χ2v) is 11.2. The third-order valence-corrected chi connectivity index (χ3v) is 7.95. The Bertz CT molecular complexity index is 1990. The van der Waals surface area contributed by atoms with Crippen LogP contribution in [0.4, 0.5) is 0 Å². The van der Waals surface area contributed by atoms with E-state index in [4.69, 9.17) is 9.68 Å². The van der Waals surface area contributed by atoms with Crippen molar-refractivity contribution in [2.24, 2.45) is 5.16 Å². The Balaban J connectivity index is 1.58. The molecule has 0 spiro atoms. The van der Waals surface area contributed by atoms with Crippen LogP contribution < -0.4 is 0 Å². The van der Waals surface area contributed by atoms with Crippen molar-refractivity contribution >= 4 is 68.3 Å². The fourth-order valence-electron chi connectivity index (χ4n) is 4.97. The molecule has 0 aliphatic rings. The quantitative estimate of drug-likeness (QED) is 0.0821. The number of carbonyl (C=O) groups excluding carboxylic acids is 5. The predicted octanol–water partition coefficient (Wildman–Crippen LogP) is 6.26. The zero-order valence-corrected chi connectivity index (χ0v) is 25.8. The molecule has 2 heterocycles. The molecule has 5 rings (SSSR count). The normalized spacial score (nSPS) is 11.4. The lowest BCUT2D eigenvalue weighted by atomic mass is 10.0. The number of hydrogen-bond acceptors (Lipinski definition) is 9. The monoisotopic (exact) mass is 623 g/mol. The van der Waals surface area contributed by atoms with Gasteiger partial charge >= 0.3 is 11.9 Å². The molecule has 0 fully saturated rings. The minimum absolute atomic E-state index is 0.0607. The van der Waals surface area contributed by atoms with Gasteiger partial charge in [-0.3, -0.25) is 19.2 Å². The number of benzene rings is 3. The van der Waals surface area contributed by atoms with Gasteiger partial charge in [0, 0.05) is 54.8 Å². The van der Waals surface area contributed by atoms with E-state index >= 15 is 0 Å².